The number of benzene rings is 3. The molecule has 0 aliphatic carbocycles. The molecule has 3 aromatic rings. The van der Waals surface area contributed by atoms with Crippen molar-refractivity contribution in [2.24, 2.45) is 5.41 Å². The van der Waals surface area contributed by atoms with Crippen molar-refractivity contribution in [3.63, 3.8) is 0 Å². The van der Waals surface area contributed by atoms with Crippen LogP contribution in [0, 0.1) is 16.7 Å². The Balaban J connectivity index is 0.726. The summed E-state index contributed by atoms with van der Waals surface area (Å²) in [6, 6.07) is 22.6. The molecule has 1 spiro atoms. The third-order valence-corrected chi connectivity index (χ3v) is 13.6. The molecule has 290 valence electrons. The van der Waals surface area contributed by atoms with Gasteiger partial charge in [-0.3, -0.25) is 34.3 Å². The van der Waals surface area contributed by atoms with Gasteiger partial charge in [-0.05, 0) is 112 Å². The van der Waals surface area contributed by atoms with Crippen LogP contribution < -0.4 is 25.3 Å². The van der Waals surface area contributed by atoms with Gasteiger partial charge in [0.25, 0.3) is 11.8 Å². The van der Waals surface area contributed by atoms with Gasteiger partial charge in [-0.1, -0.05) is 11.6 Å². The van der Waals surface area contributed by atoms with E-state index in [0.717, 1.165) is 74.9 Å². The summed E-state index contributed by atoms with van der Waals surface area (Å²) in [7, 11) is 0. The van der Waals surface area contributed by atoms with Gasteiger partial charge in [0.2, 0.25) is 11.8 Å². The van der Waals surface area contributed by atoms with E-state index in [0.29, 0.717) is 39.2 Å². The number of nitrogens with zero attached hydrogens (tertiary/aromatic N) is 6. The molecule has 2 atom stereocenters. The average molecular weight is 775 g/mol. The lowest BCUT2D eigenvalue weighted by Gasteiger charge is -2.48. The van der Waals surface area contributed by atoms with E-state index in [4.69, 9.17) is 11.6 Å². The second kappa shape index (κ2) is 14.4. The van der Waals surface area contributed by atoms with E-state index < -0.39 is 23.8 Å². The zero-order valence-corrected chi connectivity index (χ0v) is 32.4. The van der Waals surface area contributed by atoms with Crippen LogP contribution in [-0.4, -0.2) is 103 Å². The molecule has 12 nitrogen and oxygen atoms in total. The van der Waals surface area contributed by atoms with Crippen molar-refractivity contribution in [2.45, 2.75) is 76.0 Å². The Bertz CT molecular complexity index is 2110. The summed E-state index contributed by atoms with van der Waals surface area (Å²) < 4.78 is 0. The molecule has 6 aliphatic rings. The molecule has 0 aromatic heterocycles. The molecule has 5 saturated heterocycles. The number of piperidine rings is 3. The van der Waals surface area contributed by atoms with Crippen molar-refractivity contribution in [1.29, 1.82) is 5.26 Å². The molecule has 6 aliphatic heterocycles. The Morgan fingerprint density at radius 3 is 2.14 bits per heavy atom. The van der Waals surface area contributed by atoms with Gasteiger partial charge in [-0.2, -0.15) is 5.26 Å². The van der Waals surface area contributed by atoms with Crippen LogP contribution in [0.4, 0.5) is 22.7 Å². The molecular weight excluding hydrogens is 728 g/mol. The molecule has 4 amide bonds. The van der Waals surface area contributed by atoms with E-state index in [1.807, 2.05) is 24.3 Å². The van der Waals surface area contributed by atoms with Crippen molar-refractivity contribution < 1.29 is 19.2 Å². The predicted octanol–water partition coefficient (Wildman–Crippen LogP) is 5.26. The minimum absolute atomic E-state index is 0.0993. The summed E-state index contributed by atoms with van der Waals surface area (Å²) in [5, 5.41) is 15.6. The molecule has 9 rings (SSSR count). The van der Waals surface area contributed by atoms with Gasteiger partial charge in [-0.15, -0.1) is 0 Å². The Morgan fingerprint density at radius 1 is 0.821 bits per heavy atom. The molecule has 0 radical (unpaired) electrons. The number of likely N-dealkylation sites (tertiary alicyclic amines) is 1. The third-order valence-electron chi connectivity index (χ3n) is 13.3. The summed E-state index contributed by atoms with van der Waals surface area (Å²) in [6.07, 6.45) is 5.97. The number of anilines is 4. The van der Waals surface area contributed by atoms with Crippen LogP contribution in [0.3, 0.4) is 0 Å². The van der Waals surface area contributed by atoms with Crippen molar-refractivity contribution in [3.05, 3.63) is 82.4 Å². The summed E-state index contributed by atoms with van der Waals surface area (Å²) in [5.41, 5.74) is 5.90. The molecule has 5 fully saturated rings. The van der Waals surface area contributed by atoms with Crippen molar-refractivity contribution >= 4 is 58.0 Å². The second-order valence-corrected chi connectivity index (χ2v) is 17.1. The molecule has 6 heterocycles. The fraction of sp³-hybridized carbons (Fsp3) is 0.465. The number of imide groups is 2. The molecule has 1 unspecified atom stereocenters. The lowest BCUT2D eigenvalue weighted by atomic mass is 9.76. The Labute approximate surface area is 332 Å². The molecule has 0 bridgehead atoms. The number of fused-ring (bicyclic) bond motifs is 1. The van der Waals surface area contributed by atoms with Gasteiger partial charge in [-0.25, -0.2) is 0 Å². The van der Waals surface area contributed by atoms with Gasteiger partial charge in [0.15, 0.2) is 0 Å². The summed E-state index contributed by atoms with van der Waals surface area (Å²) in [5.74, 6) is -1.96. The highest BCUT2D eigenvalue weighted by Crippen LogP contribution is 2.46. The number of amides is 4. The zero-order valence-electron chi connectivity index (χ0n) is 31.7. The fourth-order valence-corrected chi connectivity index (χ4v) is 10.3. The number of nitriles is 1. The average Bonchev–Trinajstić information content (AvgIpc) is 3.64. The predicted molar refractivity (Wildman–Crippen MR) is 215 cm³/mol. The van der Waals surface area contributed by atoms with Gasteiger partial charge >= 0.3 is 0 Å². The first-order valence-corrected chi connectivity index (χ1v) is 20.4. The van der Waals surface area contributed by atoms with Crippen molar-refractivity contribution in [2.75, 3.05) is 65.8 Å². The smallest absolute Gasteiger partial charge is 0.262 e. The lowest BCUT2D eigenvalue weighted by Crippen LogP contribution is -2.60. The van der Waals surface area contributed by atoms with E-state index in [9.17, 15) is 24.4 Å². The highest BCUT2D eigenvalue weighted by Gasteiger charge is 2.46. The Kier molecular flexibility index (Phi) is 9.41. The van der Waals surface area contributed by atoms with Crippen LogP contribution in [0.25, 0.3) is 0 Å². The summed E-state index contributed by atoms with van der Waals surface area (Å²) in [6.45, 7) is 9.33. The first-order chi connectivity index (χ1) is 27.1. The number of rotatable bonds is 7. The molecule has 56 heavy (non-hydrogen) atoms. The maximum Gasteiger partial charge on any atom is 0.262 e. The van der Waals surface area contributed by atoms with E-state index in [1.165, 1.54) is 30.6 Å². The Hall–Kier alpha value is -5.12. The van der Waals surface area contributed by atoms with Crippen LogP contribution in [-0.2, 0) is 9.59 Å². The van der Waals surface area contributed by atoms with Crippen LogP contribution in [0.5, 0.6) is 0 Å². The maximum atomic E-state index is 13.2. The third kappa shape index (κ3) is 6.64. The first-order valence-electron chi connectivity index (χ1n) is 20.0. The number of carbonyl (C=O) groups is 4. The zero-order chi connectivity index (χ0) is 38.7. The van der Waals surface area contributed by atoms with E-state index in [1.54, 1.807) is 12.1 Å². The summed E-state index contributed by atoms with van der Waals surface area (Å²) >= 11 is 6.39. The highest BCUT2D eigenvalue weighted by atomic mass is 35.5. The first kappa shape index (κ1) is 36.5. The fourth-order valence-electron chi connectivity index (χ4n) is 10.1. The second-order valence-electron chi connectivity index (χ2n) is 16.7. The minimum atomic E-state index is -0.964. The quantitative estimate of drug-likeness (QED) is 0.307. The topological polar surface area (TPSA) is 132 Å². The molecule has 13 heteroatoms. The molecule has 2 N–H and O–H groups in total. The van der Waals surface area contributed by atoms with Gasteiger partial charge in [0, 0.05) is 87.1 Å². The van der Waals surface area contributed by atoms with E-state index >= 15 is 0 Å². The standard InChI is InChI=1S/C43H47ClN8O4/c1-27-22-43(26-51(27)34-4-2-28(23-45)37(44)21-34)14-18-49(19-15-43)32-7-5-31(6-8-32)48-16-12-33(13-17-48)50-24-30(25-50)46-29-3-9-35-36(20-29)42(56)52(41(35)55)38-10-11-39(53)47-40(38)54/h2-9,20-21,27,30,33,38,46H,10-19,22,24-26H2,1H3,(H,47,53,54)/t27-,38?/m0/s1. The Morgan fingerprint density at radius 2 is 1.48 bits per heavy atom. The minimum Gasteiger partial charge on any atom is -0.380 e. The van der Waals surface area contributed by atoms with Crippen LogP contribution >= 0.6 is 11.6 Å². The molecular formula is C43H47ClN8O4. The summed E-state index contributed by atoms with van der Waals surface area (Å²) in [4.78, 5) is 61.4. The van der Waals surface area contributed by atoms with E-state index in [2.05, 4.69) is 67.5 Å². The molecule has 3 aromatic carbocycles. The molecule has 0 saturated carbocycles. The SMILES string of the molecule is C[C@H]1CC2(CCN(c3ccc(N4CCC(N5CC(Nc6ccc7c(c6)C(=O)N(C6CCC(=O)NC6=O)C7=O)C5)CC4)cc3)CC2)CN1c1ccc(C#N)c(Cl)c1. The number of carbonyl (C=O) groups excluding carboxylic acids is 4. The van der Waals surface area contributed by atoms with Crippen molar-refractivity contribution in [3.8, 4) is 6.07 Å². The van der Waals surface area contributed by atoms with Gasteiger partial charge < -0.3 is 20.0 Å². The van der Waals surface area contributed by atoms with Crippen LogP contribution in [0.1, 0.15) is 78.1 Å². The highest BCUT2D eigenvalue weighted by molar-refractivity contribution is 6.32. The lowest BCUT2D eigenvalue weighted by molar-refractivity contribution is -0.136. The van der Waals surface area contributed by atoms with Gasteiger partial charge in [0.1, 0.15) is 12.1 Å². The normalized spacial score (nSPS) is 24.4. The number of hydrogen-bond donors (Lipinski definition) is 2. The van der Waals surface area contributed by atoms with Crippen LogP contribution in [0.15, 0.2) is 60.7 Å². The number of hydrogen-bond acceptors (Lipinski definition) is 10. The number of halogens is 1. The largest absolute Gasteiger partial charge is 0.380 e. The van der Waals surface area contributed by atoms with E-state index in [-0.39, 0.29) is 24.8 Å². The maximum absolute atomic E-state index is 13.2. The van der Waals surface area contributed by atoms with Crippen molar-refractivity contribution in [1.82, 2.24) is 15.1 Å². The monoisotopic (exact) mass is 774 g/mol. The van der Waals surface area contributed by atoms with Crippen LogP contribution in [0.2, 0.25) is 5.02 Å². The van der Waals surface area contributed by atoms with Gasteiger partial charge in [0.05, 0.1) is 27.8 Å². The number of nitrogens with one attached hydrogen (secondary N) is 2.